The number of hydrogen-bond donors (Lipinski definition) is 1. The van der Waals surface area contributed by atoms with Crippen LogP contribution in [0.3, 0.4) is 0 Å². The molecule has 0 spiro atoms. The summed E-state index contributed by atoms with van der Waals surface area (Å²) < 4.78 is 0. The summed E-state index contributed by atoms with van der Waals surface area (Å²) in [5, 5.41) is 10.5. The average molecular weight is 781 g/mol. The molecule has 8 heterocycles. The lowest BCUT2D eigenvalue weighted by atomic mass is 9.97. The van der Waals surface area contributed by atoms with E-state index < -0.39 is 0 Å². The highest BCUT2D eigenvalue weighted by molar-refractivity contribution is 5.98. The zero-order valence-electron chi connectivity index (χ0n) is 32.4. The fraction of sp³-hybridized carbons (Fsp3) is 0.213. The van der Waals surface area contributed by atoms with Crippen molar-refractivity contribution < 1.29 is 0 Å². The van der Waals surface area contributed by atoms with Gasteiger partial charge in [0.15, 0.2) is 5.82 Å². The highest BCUT2D eigenvalue weighted by atomic mass is 15.3. The van der Waals surface area contributed by atoms with E-state index in [1.165, 1.54) is 5.56 Å². The van der Waals surface area contributed by atoms with Crippen LogP contribution in [0.25, 0.3) is 55.5 Å². The van der Waals surface area contributed by atoms with Crippen molar-refractivity contribution in [1.82, 2.24) is 45.0 Å². The molecule has 2 fully saturated rings. The van der Waals surface area contributed by atoms with E-state index in [1.54, 1.807) is 12.4 Å². The summed E-state index contributed by atoms with van der Waals surface area (Å²) in [6.07, 6.45) is 14.9. The fourth-order valence-electron chi connectivity index (χ4n) is 7.64. The minimum atomic E-state index is 0. The molecule has 6 aromatic heterocycles. The van der Waals surface area contributed by atoms with Crippen molar-refractivity contribution >= 4 is 28.5 Å². The molecule has 2 aromatic carbocycles. The summed E-state index contributed by atoms with van der Waals surface area (Å²) >= 11 is 0. The maximum atomic E-state index is 4.82. The Balaban J connectivity index is 0.000000162. The maximum Gasteiger partial charge on any atom is 0.225 e. The summed E-state index contributed by atoms with van der Waals surface area (Å²) in [5.74, 6) is 2.72. The normalized spacial score (nSPS) is 14.4. The zero-order valence-corrected chi connectivity index (χ0v) is 32.4. The molecule has 59 heavy (non-hydrogen) atoms. The number of likely N-dealkylation sites (N-methyl/N-ethyl adjacent to an activating group) is 1. The lowest BCUT2D eigenvalue weighted by Crippen LogP contribution is -2.47. The van der Waals surface area contributed by atoms with E-state index in [2.05, 4.69) is 129 Å². The van der Waals surface area contributed by atoms with Crippen LogP contribution in [-0.2, 0) is 0 Å². The van der Waals surface area contributed by atoms with Gasteiger partial charge in [-0.15, -0.1) is 10.2 Å². The predicted molar refractivity (Wildman–Crippen MR) is 238 cm³/mol. The Morgan fingerprint density at radius 1 is 0.492 bits per heavy atom. The van der Waals surface area contributed by atoms with Crippen molar-refractivity contribution in [1.29, 1.82) is 0 Å². The number of aromatic amines is 1. The molecule has 2 aliphatic rings. The van der Waals surface area contributed by atoms with Crippen LogP contribution in [0.15, 0.2) is 147 Å². The van der Waals surface area contributed by atoms with Gasteiger partial charge in [-0.05, 0) is 83.9 Å². The molecule has 0 radical (unpaired) electrons. The number of anilines is 3. The SMILES string of the molecule is C.CN1CCN(c2cc(-c3ccncc3)c(-c3cccc4[nH]ccc34)nn2)CC1.c1ccc(-c2cnc(N3CCN(c4ncccn4)CC3)cc2-c2ccncc2)cc1. The number of H-pyrrole nitrogens is 1. The molecule has 12 heteroatoms. The lowest BCUT2D eigenvalue weighted by Gasteiger charge is -2.35. The maximum absolute atomic E-state index is 4.82. The van der Waals surface area contributed by atoms with Crippen molar-refractivity contribution in [2.75, 3.05) is 74.1 Å². The topological polar surface area (TPSA) is 119 Å². The Hall–Kier alpha value is -7.05. The molecular formula is C47H48N12. The van der Waals surface area contributed by atoms with Gasteiger partial charge in [0.2, 0.25) is 5.95 Å². The van der Waals surface area contributed by atoms with E-state index in [1.807, 2.05) is 61.4 Å². The molecule has 0 saturated carbocycles. The van der Waals surface area contributed by atoms with Crippen LogP contribution in [0.4, 0.5) is 17.6 Å². The zero-order chi connectivity index (χ0) is 39.1. The molecule has 0 bridgehead atoms. The summed E-state index contributed by atoms with van der Waals surface area (Å²) in [4.78, 5) is 34.4. The molecule has 0 aliphatic carbocycles. The summed E-state index contributed by atoms with van der Waals surface area (Å²) in [7, 11) is 2.16. The number of fused-ring (bicyclic) bond motifs is 1. The minimum Gasteiger partial charge on any atom is -0.361 e. The Kier molecular flexibility index (Phi) is 11.9. The molecular weight excluding hydrogens is 733 g/mol. The van der Waals surface area contributed by atoms with Crippen LogP contribution in [0.5, 0.6) is 0 Å². The van der Waals surface area contributed by atoms with Crippen LogP contribution >= 0.6 is 0 Å². The van der Waals surface area contributed by atoms with E-state index in [4.69, 9.17) is 10.1 Å². The van der Waals surface area contributed by atoms with Gasteiger partial charge in [0.1, 0.15) is 11.5 Å². The van der Waals surface area contributed by atoms with Gasteiger partial charge in [-0.25, -0.2) is 15.0 Å². The monoisotopic (exact) mass is 780 g/mol. The van der Waals surface area contributed by atoms with Gasteiger partial charge in [-0.3, -0.25) is 9.97 Å². The van der Waals surface area contributed by atoms with Gasteiger partial charge in [0, 0.05) is 130 Å². The van der Waals surface area contributed by atoms with Gasteiger partial charge < -0.3 is 24.6 Å². The first-order chi connectivity index (χ1) is 28.7. The quantitative estimate of drug-likeness (QED) is 0.170. The number of hydrogen-bond acceptors (Lipinski definition) is 11. The second kappa shape index (κ2) is 18.0. The van der Waals surface area contributed by atoms with Crippen LogP contribution in [0.2, 0.25) is 0 Å². The molecule has 0 amide bonds. The average Bonchev–Trinajstić information content (AvgIpc) is 3.80. The van der Waals surface area contributed by atoms with Crippen molar-refractivity contribution in [2.24, 2.45) is 0 Å². The van der Waals surface area contributed by atoms with E-state index >= 15 is 0 Å². The molecule has 1 N–H and O–H groups in total. The fourth-order valence-corrected chi connectivity index (χ4v) is 7.64. The standard InChI is InChI=1S/C24H22N6.C22H22N6.CH4/c1-2-5-19(6-3-1)22-18-28-23(17-21(22)20-7-11-25-12-8-20)29-13-15-30(16-14-29)24-26-9-4-10-27-24;1-27-11-13-28(14-12-27)21-15-19(16-5-8-23-9-6-16)22(26-25-21)18-3-2-4-20-17(18)7-10-24-20;/h1-12,17-18H,13-16H2;2-10,15,24H,11-14H2,1H3;1H4. The largest absolute Gasteiger partial charge is 0.361 e. The highest BCUT2D eigenvalue weighted by Crippen LogP contribution is 2.36. The Morgan fingerprint density at radius 3 is 1.81 bits per heavy atom. The summed E-state index contributed by atoms with van der Waals surface area (Å²) in [6.45, 7) is 7.51. The van der Waals surface area contributed by atoms with Gasteiger partial charge in [-0.1, -0.05) is 49.9 Å². The third-order valence-electron chi connectivity index (χ3n) is 10.9. The highest BCUT2D eigenvalue weighted by Gasteiger charge is 2.22. The molecule has 2 aliphatic heterocycles. The molecule has 0 atom stereocenters. The number of piperazine rings is 2. The first-order valence-corrected chi connectivity index (χ1v) is 19.7. The first-order valence-electron chi connectivity index (χ1n) is 19.7. The van der Waals surface area contributed by atoms with Gasteiger partial charge in [0.25, 0.3) is 0 Å². The van der Waals surface area contributed by atoms with Crippen molar-refractivity contribution in [3.63, 3.8) is 0 Å². The van der Waals surface area contributed by atoms with E-state index in [-0.39, 0.29) is 7.43 Å². The second-order valence-electron chi connectivity index (χ2n) is 14.4. The predicted octanol–water partition coefficient (Wildman–Crippen LogP) is 8.00. The molecule has 296 valence electrons. The van der Waals surface area contributed by atoms with Gasteiger partial charge in [-0.2, -0.15) is 0 Å². The van der Waals surface area contributed by atoms with Crippen molar-refractivity contribution in [3.8, 4) is 44.6 Å². The number of nitrogens with one attached hydrogen (secondary N) is 1. The van der Waals surface area contributed by atoms with Crippen LogP contribution < -0.4 is 14.7 Å². The lowest BCUT2D eigenvalue weighted by molar-refractivity contribution is 0.312. The number of pyridine rings is 3. The Labute approximate surface area is 345 Å². The van der Waals surface area contributed by atoms with Crippen LogP contribution in [0, 0.1) is 0 Å². The molecule has 0 unspecified atom stereocenters. The molecule has 10 rings (SSSR count). The van der Waals surface area contributed by atoms with Crippen molar-refractivity contribution in [3.05, 3.63) is 147 Å². The van der Waals surface area contributed by atoms with E-state index in [9.17, 15) is 0 Å². The number of benzene rings is 2. The van der Waals surface area contributed by atoms with Gasteiger partial charge >= 0.3 is 0 Å². The Bertz CT molecular complexity index is 2550. The number of rotatable bonds is 7. The van der Waals surface area contributed by atoms with Crippen LogP contribution in [-0.4, -0.2) is 104 Å². The molecule has 2 saturated heterocycles. The van der Waals surface area contributed by atoms with Crippen molar-refractivity contribution in [2.45, 2.75) is 7.43 Å². The second-order valence-corrected chi connectivity index (χ2v) is 14.4. The van der Waals surface area contributed by atoms with E-state index in [0.29, 0.717) is 0 Å². The number of nitrogens with zero attached hydrogens (tertiary/aromatic N) is 11. The number of aromatic nitrogens is 8. The minimum absolute atomic E-state index is 0. The summed E-state index contributed by atoms with van der Waals surface area (Å²) in [5.41, 5.74) is 9.87. The third kappa shape index (κ3) is 8.63. The Morgan fingerprint density at radius 2 is 1.10 bits per heavy atom. The van der Waals surface area contributed by atoms with Crippen LogP contribution in [0.1, 0.15) is 7.43 Å². The molecule has 8 aromatic rings. The third-order valence-corrected chi connectivity index (χ3v) is 10.9. The smallest absolute Gasteiger partial charge is 0.225 e. The first kappa shape index (κ1) is 38.8. The molecule has 12 nitrogen and oxygen atoms in total. The summed E-state index contributed by atoms with van der Waals surface area (Å²) in [6, 6.07) is 33.1. The van der Waals surface area contributed by atoms with Gasteiger partial charge in [0.05, 0.1) is 0 Å². The van der Waals surface area contributed by atoms with E-state index in [0.717, 1.165) is 120 Å².